The second-order valence-corrected chi connectivity index (χ2v) is 3.31. The summed E-state index contributed by atoms with van der Waals surface area (Å²) in [6.45, 7) is 0. The van der Waals surface area contributed by atoms with E-state index in [1.165, 1.54) is 0 Å². The van der Waals surface area contributed by atoms with Gasteiger partial charge in [-0.25, -0.2) is 9.67 Å². The Bertz CT molecular complexity index is 407. The molecule has 9 nitrogen and oxygen atoms in total. The van der Waals surface area contributed by atoms with Crippen LogP contribution in [-0.2, 0) is 4.74 Å². The van der Waals surface area contributed by atoms with Crippen LogP contribution in [0.1, 0.15) is 16.8 Å². The molecule has 0 bridgehead atoms. The second-order valence-electron chi connectivity index (χ2n) is 3.31. The van der Waals surface area contributed by atoms with Gasteiger partial charge in [-0.1, -0.05) is 0 Å². The lowest BCUT2D eigenvalue weighted by molar-refractivity contribution is -0.144. The van der Waals surface area contributed by atoms with Gasteiger partial charge in [0.15, 0.2) is 12.5 Å². The standard InChI is InChI=1S/C7H10N4O5/c8-4(14)5-9-1-11(10-5)6-2(12)3(13)7(15)16-6/h1-3,6-7,12-13,15H,(H2,8,14)/t2-,3?,6?,7?/m1/s1. The van der Waals surface area contributed by atoms with Crippen molar-refractivity contribution in [3.05, 3.63) is 12.2 Å². The van der Waals surface area contributed by atoms with E-state index in [1.807, 2.05) is 0 Å². The maximum absolute atomic E-state index is 10.7. The highest BCUT2D eigenvalue weighted by molar-refractivity contribution is 5.88. The fraction of sp³-hybridized carbons (Fsp3) is 0.571. The van der Waals surface area contributed by atoms with Crippen LogP contribution < -0.4 is 5.73 Å². The molecular formula is C7H10N4O5. The Hall–Kier alpha value is -1.55. The minimum atomic E-state index is -1.51. The Morgan fingerprint density at radius 1 is 1.44 bits per heavy atom. The highest BCUT2D eigenvalue weighted by Gasteiger charge is 2.43. The van der Waals surface area contributed by atoms with Gasteiger partial charge in [0.05, 0.1) is 0 Å². The highest BCUT2D eigenvalue weighted by atomic mass is 16.7. The summed E-state index contributed by atoms with van der Waals surface area (Å²) >= 11 is 0. The number of carbonyl (C=O) groups excluding carboxylic acids is 1. The van der Waals surface area contributed by atoms with Gasteiger partial charge in [-0.2, -0.15) is 0 Å². The summed E-state index contributed by atoms with van der Waals surface area (Å²) in [7, 11) is 0. The molecular weight excluding hydrogens is 220 g/mol. The molecule has 0 radical (unpaired) electrons. The fourth-order valence-electron chi connectivity index (χ4n) is 1.37. The van der Waals surface area contributed by atoms with Crippen LogP contribution in [0.4, 0.5) is 0 Å². The molecule has 1 saturated heterocycles. The lowest BCUT2D eigenvalue weighted by Gasteiger charge is -2.13. The molecule has 1 aromatic heterocycles. The van der Waals surface area contributed by atoms with E-state index in [0.717, 1.165) is 11.0 Å². The van der Waals surface area contributed by atoms with Crippen molar-refractivity contribution in [3.8, 4) is 0 Å². The zero-order valence-electron chi connectivity index (χ0n) is 7.96. The molecule has 4 atom stereocenters. The summed E-state index contributed by atoms with van der Waals surface area (Å²) in [5.74, 6) is -1.07. The molecule has 88 valence electrons. The van der Waals surface area contributed by atoms with E-state index in [0.29, 0.717) is 0 Å². The zero-order chi connectivity index (χ0) is 11.9. The number of aromatic nitrogens is 3. The number of carbonyl (C=O) groups is 1. The summed E-state index contributed by atoms with van der Waals surface area (Å²) in [5.41, 5.74) is 4.94. The minimum Gasteiger partial charge on any atom is -0.385 e. The predicted octanol–water partition coefficient (Wildman–Crippen LogP) is -3.05. The van der Waals surface area contributed by atoms with Crippen molar-refractivity contribution in [1.82, 2.24) is 14.8 Å². The van der Waals surface area contributed by atoms with Gasteiger partial charge in [0.1, 0.15) is 18.5 Å². The molecule has 9 heteroatoms. The van der Waals surface area contributed by atoms with Crippen LogP contribution in [0.15, 0.2) is 6.33 Å². The molecule has 16 heavy (non-hydrogen) atoms. The van der Waals surface area contributed by atoms with Crippen LogP contribution in [-0.4, -0.2) is 54.5 Å². The molecule has 1 aliphatic rings. The molecule has 1 amide bonds. The van der Waals surface area contributed by atoms with Crippen LogP contribution in [0, 0.1) is 0 Å². The van der Waals surface area contributed by atoms with E-state index in [4.69, 9.17) is 15.6 Å². The van der Waals surface area contributed by atoms with Gasteiger partial charge < -0.3 is 25.8 Å². The number of aliphatic hydroxyl groups excluding tert-OH is 3. The first-order chi connectivity index (χ1) is 7.50. The van der Waals surface area contributed by atoms with E-state index in [-0.39, 0.29) is 5.82 Å². The first kappa shape index (κ1) is 11.0. The first-order valence-electron chi connectivity index (χ1n) is 4.41. The van der Waals surface area contributed by atoms with E-state index in [1.54, 1.807) is 0 Å². The van der Waals surface area contributed by atoms with Gasteiger partial charge in [0.25, 0.3) is 5.91 Å². The van der Waals surface area contributed by atoms with Crippen molar-refractivity contribution in [2.75, 3.05) is 0 Å². The molecule has 0 aliphatic carbocycles. The average molecular weight is 230 g/mol. The molecule has 2 rings (SSSR count). The van der Waals surface area contributed by atoms with Crippen molar-refractivity contribution < 1.29 is 24.9 Å². The van der Waals surface area contributed by atoms with Gasteiger partial charge in [-0.3, -0.25) is 4.79 Å². The maximum atomic E-state index is 10.7. The van der Waals surface area contributed by atoms with Crippen molar-refractivity contribution in [1.29, 1.82) is 0 Å². The van der Waals surface area contributed by atoms with Gasteiger partial charge in [-0.05, 0) is 0 Å². The topological polar surface area (TPSA) is 144 Å². The average Bonchev–Trinajstić information content (AvgIpc) is 2.79. The van der Waals surface area contributed by atoms with Crippen molar-refractivity contribution >= 4 is 5.91 Å². The smallest absolute Gasteiger partial charge is 0.288 e. The molecule has 3 unspecified atom stereocenters. The second kappa shape index (κ2) is 3.79. The van der Waals surface area contributed by atoms with Crippen LogP contribution in [0.2, 0.25) is 0 Å². The third-order valence-electron chi connectivity index (χ3n) is 2.20. The zero-order valence-corrected chi connectivity index (χ0v) is 7.96. The van der Waals surface area contributed by atoms with Crippen LogP contribution in [0.5, 0.6) is 0 Å². The van der Waals surface area contributed by atoms with Gasteiger partial charge in [-0.15, -0.1) is 5.10 Å². The Balaban J connectivity index is 2.21. The molecule has 1 aliphatic heterocycles. The van der Waals surface area contributed by atoms with Crippen molar-refractivity contribution in [2.24, 2.45) is 5.73 Å². The van der Waals surface area contributed by atoms with Crippen molar-refractivity contribution in [3.63, 3.8) is 0 Å². The van der Waals surface area contributed by atoms with Gasteiger partial charge in [0, 0.05) is 0 Å². The first-order valence-corrected chi connectivity index (χ1v) is 4.41. The summed E-state index contributed by atoms with van der Waals surface area (Å²) in [6.07, 6.45) is -4.31. The number of primary amides is 1. The van der Waals surface area contributed by atoms with Gasteiger partial charge >= 0.3 is 0 Å². The number of hydrogen-bond acceptors (Lipinski definition) is 7. The number of ether oxygens (including phenoxy) is 1. The Morgan fingerprint density at radius 3 is 2.56 bits per heavy atom. The maximum Gasteiger partial charge on any atom is 0.288 e. The summed E-state index contributed by atoms with van der Waals surface area (Å²) in [4.78, 5) is 14.3. The SMILES string of the molecule is NC(=O)c1ncn(C2OC(O)C(O)[C@H]2O)n1. The Labute approximate surface area is 89.1 Å². The number of nitrogens with two attached hydrogens (primary N) is 1. The normalized spacial score (nSPS) is 34.2. The highest BCUT2D eigenvalue weighted by Crippen LogP contribution is 2.26. The van der Waals surface area contributed by atoms with Crippen LogP contribution >= 0.6 is 0 Å². The third-order valence-corrected chi connectivity index (χ3v) is 2.20. The van der Waals surface area contributed by atoms with Crippen LogP contribution in [0.25, 0.3) is 0 Å². The molecule has 1 fully saturated rings. The Kier molecular flexibility index (Phi) is 2.59. The number of hydrogen-bond donors (Lipinski definition) is 4. The summed E-state index contributed by atoms with van der Waals surface area (Å²) < 4.78 is 5.83. The summed E-state index contributed by atoms with van der Waals surface area (Å²) in [5, 5.41) is 31.5. The van der Waals surface area contributed by atoms with Crippen molar-refractivity contribution in [2.45, 2.75) is 24.7 Å². The van der Waals surface area contributed by atoms with Gasteiger partial charge in [0.2, 0.25) is 5.82 Å². The number of nitrogens with zero attached hydrogens (tertiary/aromatic N) is 3. The monoisotopic (exact) mass is 230 g/mol. The largest absolute Gasteiger partial charge is 0.385 e. The lowest BCUT2D eigenvalue weighted by Crippen LogP contribution is -2.31. The number of rotatable bonds is 2. The lowest BCUT2D eigenvalue weighted by atomic mass is 10.2. The molecule has 2 heterocycles. The van der Waals surface area contributed by atoms with E-state index < -0.39 is 30.6 Å². The predicted molar refractivity (Wildman–Crippen MR) is 46.7 cm³/mol. The fourth-order valence-corrected chi connectivity index (χ4v) is 1.37. The quantitative estimate of drug-likeness (QED) is 0.422. The van der Waals surface area contributed by atoms with E-state index >= 15 is 0 Å². The molecule has 0 spiro atoms. The van der Waals surface area contributed by atoms with E-state index in [9.17, 15) is 15.0 Å². The van der Waals surface area contributed by atoms with E-state index in [2.05, 4.69) is 10.1 Å². The molecule has 5 N–H and O–H groups in total. The molecule has 0 saturated carbocycles. The molecule has 1 aromatic rings. The summed E-state index contributed by atoms with van der Waals surface area (Å²) in [6, 6.07) is 0. The number of amides is 1. The third kappa shape index (κ3) is 1.65. The number of aliphatic hydroxyl groups is 3. The van der Waals surface area contributed by atoms with Crippen LogP contribution in [0.3, 0.4) is 0 Å². The Morgan fingerprint density at radius 2 is 2.12 bits per heavy atom. The molecule has 0 aromatic carbocycles. The minimum absolute atomic E-state index is 0.244.